The smallest absolute Gasteiger partial charge is 0.239 e. The van der Waals surface area contributed by atoms with E-state index in [-0.39, 0.29) is 11.9 Å². The molecule has 27 heavy (non-hydrogen) atoms. The first kappa shape index (κ1) is 18.1. The highest BCUT2D eigenvalue weighted by Gasteiger charge is 2.24. The molecular weight excluding hydrogens is 346 g/mol. The van der Waals surface area contributed by atoms with E-state index in [1.54, 1.807) is 0 Å². The third kappa shape index (κ3) is 4.91. The van der Waals surface area contributed by atoms with Crippen LogP contribution < -0.4 is 5.32 Å². The molecule has 9 heteroatoms. The van der Waals surface area contributed by atoms with Crippen molar-refractivity contribution in [1.29, 1.82) is 0 Å². The molecule has 2 aromatic rings. The van der Waals surface area contributed by atoms with Crippen molar-refractivity contribution >= 4 is 5.91 Å². The van der Waals surface area contributed by atoms with Crippen molar-refractivity contribution in [3.63, 3.8) is 0 Å². The molecule has 0 atom stereocenters. The van der Waals surface area contributed by atoms with E-state index in [0.717, 1.165) is 31.8 Å². The molecular formula is C18H27N7O2. The fourth-order valence-corrected chi connectivity index (χ4v) is 4.10. The number of aromatic amines is 1. The Morgan fingerprint density at radius 3 is 2.81 bits per heavy atom. The van der Waals surface area contributed by atoms with Crippen LogP contribution in [0.25, 0.3) is 11.6 Å². The third-order valence-corrected chi connectivity index (χ3v) is 5.60. The molecule has 0 unspecified atom stereocenters. The largest absolute Gasteiger partial charge is 0.353 e. The summed E-state index contributed by atoms with van der Waals surface area (Å²) in [7, 11) is 0. The van der Waals surface area contributed by atoms with Gasteiger partial charge in [0.15, 0.2) is 5.82 Å². The maximum absolute atomic E-state index is 12.2. The number of carbonyl (C=O) groups is 1. The molecule has 0 aromatic carbocycles. The fraction of sp³-hybridized carbons (Fsp3) is 0.722. The number of amides is 1. The second-order valence-corrected chi connectivity index (χ2v) is 7.64. The molecule has 1 saturated heterocycles. The monoisotopic (exact) mass is 373 g/mol. The van der Waals surface area contributed by atoms with Crippen molar-refractivity contribution in [3.05, 3.63) is 12.2 Å². The molecule has 9 nitrogen and oxygen atoms in total. The van der Waals surface area contributed by atoms with Crippen molar-refractivity contribution in [2.45, 2.75) is 57.4 Å². The van der Waals surface area contributed by atoms with Crippen molar-refractivity contribution in [1.82, 2.24) is 35.5 Å². The number of aryl methyl sites for hydroxylation is 1. The number of nitrogens with zero attached hydrogens (tertiary/aromatic N) is 5. The quantitative estimate of drug-likeness (QED) is 0.757. The van der Waals surface area contributed by atoms with Gasteiger partial charge >= 0.3 is 0 Å². The molecule has 2 aromatic heterocycles. The predicted octanol–water partition coefficient (Wildman–Crippen LogP) is 1.56. The minimum atomic E-state index is 0.0451. The maximum atomic E-state index is 12.2. The van der Waals surface area contributed by atoms with E-state index in [1.165, 1.54) is 38.6 Å². The van der Waals surface area contributed by atoms with E-state index >= 15 is 0 Å². The van der Waals surface area contributed by atoms with Crippen molar-refractivity contribution < 1.29 is 9.32 Å². The lowest BCUT2D eigenvalue weighted by atomic mass is 10.0. The number of rotatable bonds is 7. The van der Waals surface area contributed by atoms with Crippen LogP contribution in [0.5, 0.6) is 0 Å². The highest BCUT2D eigenvalue weighted by atomic mass is 16.5. The maximum Gasteiger partial charge on any atom is 0.239 e. The zero-order valence-corrected chi connectivity index (χ0v) is 15.6. The minimum absolute atomic E-state index is 0.0451. The Kier molecular flexibility index (Phi) is 5.76. The van der Waals surface area contributed by atoms with Gasteiger partial charge in [-0.05, 0) is 31.6 Å². The van der Waals surface area contributed by atoms with Gasteiger partial charge in [-0.1, -0.05) is 18.0 Å². The predicted molar refractivity (Wildman–Crippen MR) is 97.6 cm³/mol. The minimum Gasteiger partial charge on any atom is -0.353 e. The standard InChI is InChI=1S/C18H27N7O2/c26-15(5-6-16-22-18(24-27-16)17-19-12-20-23-17)21-14-7-9-25(10-8-14)11-13-3-1-2-4-13/h12-14H,1-11H2,(H,21,26)(H,19,20,23). The van der Waals surface area contributed by atoms with Crippen molar-refractivity contribution in [2.75, 3.05) is 19.6 Å². The molecule has 0 spiro atoms. The number of likely N-dealkylation sites (tertiary alicyclic amines) is 1. The molecule has 1 saturated carbocycles. The number of H-pyrrole nitrogens is 1. The molecule has 2 fully saturated rings. The molecule has 2 N–H and O–H groups in total. The number of hydrogen-bond acceptors (Lipinski definition) is 7. The Morgan fingerprint density at radius 1 is 1.26 bits per heavy atom. The first-order valence-electron chi connectivity index (χ1n) is 9.96. The molecule has 4 rings (SSSR count). The van der Waals surface area contributed by atoms with Crippen LogP contribution in [-0.4, -0.2) is 61.8 Å². The van der Waals surface area contributed by atoms with E-state index in [4.69, 9.17) is 4.52 Å². The Morgan fingerprint density at radius 2 is 2.07 bits per heavy atom. The van der Waals surface area contributed by atoms with E-state index in [9.17, 15) is 4.79 Å². The Labute approximate surface area is 158 Å². The molecule has 0 radical (unpaired) electrons. The van der Waals surface area contributed by atoms with Crippen LogP contribution in [0.1, 0.15) is 50.8 Å². The Bertz CT molecular complexity index is 716. The molecule has 1 aliphatic heterocycles. The summed E-state index contributed by atoms with van der Waals surface area (Å²) in [6.07, 6.45) is 9.82. The topological polar surface area (TPSA) is 113 Å². The van der Waals surface area contributed by atoms with Gasteiger partial charge in [0.1, 0.15) is 6.33 Å². The molecule has 1 amide bonds. The molecule has 2 aliphatic rings. The van der Waals surface area contributed by atoms with Gasteiger partial charge in [0, 0.05) is 38.5 Å². The first-order chi connectivity index (χ1) is 13.3. The second-order valence-electron chi connectivity index (χ2n) is 7.64. The van der Waals surface area contributed by atoms with Crippen LogP contribution in [0.4, 0.5) is 0 Å². The summed E-state index contributed by atoms with van der Waals surface area (Å²) in [5.74, 6) is 2.19. The summed E-state index contributed by atoms with van der Waals surface area (Å²) in [6.45, 7) is 3.42. The van der Waals surface area contributed by atoms with Gasteiger partial charge < -0.3 is 14.7 Å². The zero-order valence-electron chi connectivity index (χ0n) is 15.6. The number of carbonyl (C=O) groups excluding carboxylic acids is 1. The van der Waals surface area contributed by atoms with Gasteiger partial charge in [-0.15, -0.1) is 0 Å². The van der Waals surface area contributed by atoms with Crippen LogP contribution in [-0.2, 0) is 11.2 Å². The third-order valence-electron chi connectivity index (χ3n) is 5.60. The highest BCUT2D eigenvalue weighted by Crippen LogP contribution is 2.26. The first-order valence-corrected chi connectivity index (χ1v) is 9.96. The van der Waals surface area contributed by atoms with Crippen LogP contribution in [0.15, 0.2) is 10.9 Å². The van der Waals surface area contributed by atoms with Crippen molar-refractivity contribution in [2.24, 2.45) is 5.92 Å². The normalized spacial score (nSPS) is 19.6. The lowest BCUT2D eigenvalue weighted by Crippen LogP contribution is -2.45. The van der Waals surface area contributed by atoms with Crippen LogP contribution in [0.3, 0.4) is 0 Å². The van der Waals surface area contributed by atoms with Crippen LogP contribution in [0, 0.1) is 5.92 Å². The number of nitrogens with one attached hydrogen (secondary N) is 2. The summed E-state index contributed by atoms with van der Waals surface area (Å²) in [4.78, 5) is 23.0. The van der Waals surface area contributed by atoms with Gasteiger partial charge in [0.05, 0.1) is 0 Å². The SMILES string of the molecule is O=C(CCc1nc(-c2ncn[nH]2)no1)NC1CCN(CC2CCCC2)CC1. The molecule has 3 heterocycles. The summed E-state index contributed by atoms with van der Waals surface area (Å²) < 4.78 is 5.17. The molecule has 146 valence electrons. The highest BCUT2D eigenvalue weighted by molar-refractivity contribution is 5.76. The van der Waals surface area contributed by atoms with Crippen LogP contribution in [0.2, 0.25) is 0 Å². The average molecular weight is 373 g/mol. The van der Waals surface area contributed by atoms with Gasteiger partial charge in [-0.2, -0.15) is 10.1 Å². The van der Waals surface area contributed by atoms with Crippen molar-refractivity contribution in [3.8, 4) is 11.6 Å². The zero-order chi connectivity index (χ0) is 18.5. The fourth-order valence-electron chi connectivity index (χ4n) is 4.10. The number of aromatic nitrogens is 5. The summed E-state index contributed by atoms with van der Waals surface area (Å²) in [5, 5.41) is 13.4. The van der Waals surface area contributed by atoms with E-state index in [0.29, 0.717) is 30.4 Å². The second kappa shape index (κ2) is 8.60. The van der Waals surface area contributed by atoms with E-state index < -0.39 is 0 Å². The average Bonchev–Trinajstić information content (AvgIpc) is 3.44. The summed E-state index contributed by atoms with van der Waals surface area (Å²) in [6, 6.07) is 0.282. The van der Waals surface area contributed by atoms with Crippen LogP contribution >= 0.6 is 0 Å². The number of hydrogen-bond donors (Lipinski definition) is 2. The lowest BCUT2D eigenvalue weighted by Gasteiger charge is -2.33. The molecule has 0 bridgehead atoms. The Hall–Kier alpha value is -2.29. The van der Waals surface area contributed by atoms with E-state index in [2.05, 4.69) is 35.5 Å². The van der Waals surface area contributed by atoms with Gasteiger partial charge in [0.25, 0.3) is 0 Å². The summed E-state index contributed by atoms with van der Waals surface area (Å²) >= 11 is 0. The van der Waals surface area contributed by atoms with E-state index in [1.807, 2.05) is 0 Å². The van der Waals surface area contributed by atoms with Gasteiger partial charge in [0.2, 0.25) is 17.6 Å². The summed E-state index contributed by atoms with van der Waals surface area (Å²) in [5.41, 5.74) is 0. The molecule has 1 aliphatic carbocycles. The van der Waals surface area contributed by atoms with Gasteiger partial charge in [-0.3, -0.25) is 9.89 Å². The van der Waals surface area contributed by atoms with Gasteiger partial charge in [-0.25, -0.2) is 4.98 Å². The Balaban J connectivity index is 1.16. The number of piperidine rings is 1. The lowest BCUT2D eigenvalue weighted by molar-refractivity contribution is -0.122.